The maximum atomic E-state index is 15.1. The molecule has 2 unspecified atom stereocenters. The smallest absolute Gasteiger partial charge is 0.251 e. The van der Waals surface area contributed by atoms with Gasteiger partial charge in [-0.25, -0.2) is 0 Å². The Morgan fingerprint density at radius 1 is 0.957 bits per heavy atom. The summed E-state index contributed by atoms with van der Waals surface area (Å²) in [5, 5.41) is 11.3. The molecule has 3 aromatic carbocycles. The van der Waals surface area contributed by atoms with Crippen molar-refractivity contribution in [1.82, 2.24) is 4.90 Å². The van der Waals surface area contributed by atoms with Crippen molar-refractivity contribution in [3.8, 4) is 0 Å². The molecule has 7 nitrogen and oxygen atoms in total. The summed E-state index contributed by atoms with van der Waals surface area (Å²) >= 11 is 8.26. The van der Waals surface area contributed by atoms with E-state index >= 15 is 9.59 Å². The molecule has 3 saturated heterocycles. The van der Waals surface area contributed by atoms with Gasteiger partial charge in [-0.2, -0.15) is 0 Å². The van der Waals surface area contributed by atoms with Crippen molar-refractivity contribution >= 4 is 52.5 Å². The number of amides is 3. The molecule has 0 aliphatic carbocycles. The third-order valence-corrected chi connectivity index (χ3v) is 12.3. The fraction of sp³-hybridized carbons (Fsp3) is 0.342. The number of benzene rings is 3. The van der Waals surface area contributed by atoms with Crippen molar-refractivity contribution in [2.45, 2.75) is 47.8 Å². The quantitative estimate of drug-likeness (QED) is 0.234. The van der Waals surface area contributed by atoms with Crippen molar-refractivity contribution in [1.29, 1.82) is 0 Å². The average Bonchev–Trinajstić information content (AvgIpc) is 3.66. The second kappa shape index (κ2) is 13.3. The number of hydrogen-bond donors (Lipinski definition) is 1. The summed E-state index contributed by atoms with van der Waals surface area (Å²) in [6.45, 7) is 10.00. The lowest BCUT2D eigenvalue weighted by molar-refractivity contribution is -0.142. The van der Waals surface area contributed by atoms with Gasteiger partial charge in [0.25, 0.3) is 5.91 Å². The predicted molar refractivity (Wildman–Crippen MR) is 190 cm³/mol. The standard InChI is InChI=1S/C38H40ClN3O4S/c1-4-22-40(27-16-10-7-11-17-27)34(44)31-32-35(45)42(28(25-43)24-26-14-8-6-9-15-26)33(38(32)21-20-37(31,3)47-38)36(46)41(23-5-2)30-19-13-12-18-29(30)39/h4-19,28,31-33,43H,1-2,20-25H2,3H3/t28-,31-,32+,33?,37+,38?/m1/s1. The van der Waals surface area contributed by atoms with Gasteiger partial charge in [-0.15, -0.1) is 24.9 Å². The third kappa shape index (κ3) is 5.60. The van der Waals surface area contributed by atoms with E-state index in [1.165, 1.54) is 0 Å². The molecule has 3 heterocycles. The summed E-state index contributed by atoms with van der Waals surface area (Å²) in [4.78, 5) is 49.8. The highest BCUT2D eigenvalue weighted by molar-refractivity contribution is 8.02. The van der Waals surface area contributed by atoms with E-state index in [1.54, 1.807) is 56.8 Å². The van der Waals surface area contributed by atoms with Gasteiger partial charge in [0.1, 0.15) is 6.04 Å². The maximum absolute atomic E-state index is 15.1. The van der Waals surface area contributed by atoms with Crippen LogP contribution in [-0.4, -0.2) is 69.0 Å². The van der Waals surface area contributed by atoms with Gasteiger partial charge in [-0.1, -0.05) is 84.4 Å². The molecule has 6 rings (SSSR count). The number of anilines is 2. The first-order chi connectivity index (χ1) is 22.7. The Morgan fingerprint density at radius 3 is 2.21 bits per heavy atom. The number of aliphatic hydroxyl groups is 1. The SMILES string of the molecule is C=CCN(C(=O)[C@H]1[C@H]2C(=O)N([C@@H](CO)Cc3ccccc3)C(C(=O)N(CC=C)c3ccccc3Cl)C23CC[C@]1(C)S3)c1ccccc1. The van der Waals surface area contributed by atoms with Gasteiger partial charge in [-0.3, -0.25) is 14.4 Å². The van der Waals surface area contributed by atoms with Gasteiger partial charge in [-0.05, 0) is 56.0 Å². The van der Waals surface area contributed by atoms with Gasteiger partial charge in [0.2, 0.25) is 11.8 Å². The summed E-state index contributed by atoms with van der Waals surface area (Å²) in [7, 11) is 0. The monoisotopic (exact) mass is 669 g/mol. The topological polar surface area (TPSA) is 81.2 Å². The number of para-hydroxylation sites is 2. The summed E-state index contributed by atoms with van der Waals surface area (Å²) in [6.07, 6.45) is 4.95. The molecule has 3 amide bonds. The highest BCUT2D eigenvalue weighted by atomic mass is 35.5. The Bertz CT molecular complexity index is 1670. The Morgan fingerprint density at radius 2 is 1.57 bits per heavy atom. The molecule has 244 valence electrons. The number of likely N-dealkylation sites (tertiary alicyclic amines) is 1. The molecule has 0 aromatic heterocycles. The van der Waals surface area contributed by atoms with Crippen molar-refractivity contribution < 1.29 is 19.5 Å². The van der Waals surface area contributed by atoms with Crippen LogP contribution >= 0.6 is 23.4 Å². The summed E-state index contributed by atoms with van der Waals surface area (Å²) in [6, 6.07) is 24.6. The number of aliphatic hydroxyl groups excluding tert-OH is 1. The van der Waals surface area contributed by atoms with Crippen LogP contribution in [0.2, 0.25) is 5.02 Å². The number of halogens is 1. The van der Waals surface area contributed by atoms with Crippen molar-refractivity contribution in [2.75, 3.05) is 29.5 Å². The van der Waals surface area contributed by atoms with Gasteiger partial charge in [0.15, 0.2) is 0 Å². The van der Waals surface area contributed by atoms with Crippen molar-refractivity contribution in [3.63, 3.8) is 0 Å². The lowest BCUT2D eigenvalue weighted by Crippen LogP contribution is -2.58. The van der Waals surface area contributed by atoms with Gasteiger partial charge < -0.3 is 19.8 Å². The van der Waals surface area contributed by atoms with E-state index in [1.807, 2.05) is 66.7 Å². The molecular formula is C38H40ClN3O4S. The molecule has 6 atom stereocenters. The minimum atomic E-state index is -0.939. The number of hydrogen-bond acceptors (Lipinski definition) is 5. The molecule has 47 heavy (non-hydrogen) atoms. The van der Waals surface area contributed by atoms with Crippen LogP contribution in [0.5, 0.6) is 0 Å². The van der Waals surface area contributed by atoms with Crippen LogP contribution in [0.15, 0.2) is 110 Å². The van der Waals surface area contributed by atoms with Crippen molar-refractivity contribution in [2.24, 2.45) is 11.8 Å². The van der Waals surface area contributed by atoms with E-state index in [0.717, 1.165) is 11.3 Å². The Balaban J connectivity index is 1.48. The summed E-state index contributed by atoms with van der Waals surface area (Å²) in [5.74, 6) is -2.16. The van der Waals surface area contributed by atoms with Crippen LogP contribution < -0.4 is 9.80 Å². The molecule has 3 fully saturated rings. The zero-order chi connectivity index (χ0) is 33.3. The molecule has 1 spiro atoms. The lowest BCUT2D eigenvalue weighted by atomic mass is 9.66. The molecule has 0 radical (unpaired) electrons. The zero-order valence-corrected chi connectivity index (χ0v) is 28.1. The molecule has 3 aliphatic heterocycles. The number of nitrogens with zero attached hydrogens (tertiary/aromatic N) is 3. The average molecular weight is 670 g/mol. The maximum Gasteiger partial charge on any atom is 0.251 e. The van der Waals surface area contributed by atoms with E-state index in [9.17, 15) is 9.90 Å². The Kier molecular flexibility index (Phi) is 9.38. The number of rotatable bonds is 12. The van der Waals surface area contributed by atoms with Crippen LogP contribution in [0.4, 0.5) is 11.4 Å². The summed E-state index contributed by atoms with van der Waals surface area (Å²) < 4.78 is -1.46. The first-order valence-corrected chi connectivity index (χ1v) is 17.2. The van der Waals surface area contributed by atoms with Crippen molar-refractivity contribution in [3.05, 3.63) is 121 Å². The molecule has 9 heteroatoms. The van der Waals surface area contributed by atoms with Gasteiger partial charge >= 0.3 is 0 Å². The van der Waals surface area contributed by atoms with E-state index in [2.05, 4.69) is 20.1 Å². The second-order valence-corrected chi connectivity index (χ2v) is 15.1. The fourth-order valence-corrected chi connectivity index (χ4v) is 10.6. The van der Waals surface area contributed by atoms with Crippen LogP contribution in [0, 0.1) is 11.8 Å². The highest BCUT2D eigenvalue weighted by Gasteiger charge is 2.78. The lowest BCUT2D eigenvalue weighted by Gasteiger charge is -2.40. The third-order valence-electron chi connectivity index (χ3n) is 10.00. The number of carbonyl (C=O) groups excluding carboxylic acids is 3. The Hall–Kier alpha value is -3.85. The van der Waals surface area contributed by atoms with Gasteiger partial charge in [0, 0.05) is 23.5 Å². The normalized spacial score (nSPS) is 26.5. The van der Waals surface area contributed by atoms with Crippen LogP contribution in [0.1, 0.15) is 25.3 Å². The highest BCUT2D eigenvalue weighted by Crippen LogP contribution is 2.72. The zero-order valence-electron chi connectivity index (χ0n) is 26.5. The van der Waals surface area contributed by atoms with E-state index in [-0.39, 0.29) is 37.4 Å². The minimum Gasteiger partial charge on any atom is -0.394 e. The number of carbonyl (C=O) groups is 3. The number of fused-ring (bicyclic) bond motifs is 1. The van der Waals surface area contributed by atoms with E-state index in [0.29, 0.717) is 30.0 Å². The summed E-state index contributed by atoms with van der Waals surface area (Å²) in [5.41, 5.74) is 2.19. The van der Waals surface area contributed by atoms with E-state index in [4.69, 9.17) is 11.6 Å². The van der Waals surface area contributed by atoms with E-state index < -0.39 is 33.4 Å². The number of thioether (sulfide) groups is 1. The first kappa shape index (κ1) is 33.1. The minimum absolute atomic E-state index is 0.156. The first-order valence-electron chi connectivity index (χ1n) is 16.0. The largest absolute Gasteiger partial charge is 0.394 e. The Labute approximate surface area is 285 Å². The molecule has 2 bridgehead atoms. The van der Waals surface area contributed by atoms with Crippen LogP contribution in [-0.2, 0) is 20.8 Å². The second-order valence-electron chi connectivity index (χ2n) is 12.8. The molecular weight excluding hydrogens is 630 g/mol. The molecule has 3 aromatic rings. The molecule has 3 aliphatic rings. The molecule has 1 N–H and O–H groups in total. The van der Waals surface area contributed by atoms with Gasteiger partial charge in [0.05, 0.1) is 39.9 Å². The molecule has 0 saturated carbocycles. The fourth-order valence-electron chi connectivity index (χ4n) is 8.03. The predicted octanol–water partition coefficient (Wildman–Crippen LogP) is 6.16. The van der Waals surface area contributed by atoms with Crippen LogP contribution in [0.3, 0.4) is 0 Å². The van der Waals surface area contributed by atoms with Crippen LogP contribution in [0.25, 0.3) is 0 Å².